The van der Waals surface area contributed by atoms with Gasteiger partial charge in [0.15, 0.2) is 23.0 Å². The van der Waals surface area contributed by atoms with Crippen LogP contribution in [0, 0.1) is 5.92 Å². The van der Waals surface area contributed by atoms with Crippen LogP contribution in [0.1, 0.15) is 102 Å². The van der Waals surface area contributed by atoms with Crippen molar-refractivity contribution in [2.45, 2.75) is 85.4 Å². The fourth-order valence-corrected chi connectivity index (χ4v) is 11.2. The highest BCUT2D eigenvalue weighted by atomic mass is 16.5. The second kappa shape index (κ2) is 15.0. The Balaban J connectivity index is 1.22. The van der Waals surface area contributed by atoms with Gasteiger partial charge in [-0.25, -0.2) is 0 Å². The van der Waals surface area contributed by atoms with E-state index in [9.17, 15) is 0 Å². The van der Waals surface area contributed by atoms with Gasteiger partial charge in [-0.2, -0.15) is 4.57 Å². The third-order valence-corrected chi connectivity index (χ3v) is 14.4. The Hall–Kier alpha value is -7.04. The van der Waals surface area contributed by atoms with E-state index >= 15 is 0 Å². The van der Waals surface area contributed by atoms with E-state index in [1.54, 1.807) is 0 Å². The van der Waals surface area contributed by atoms with E-state index in [0.29, 0.717) is 11.8 Å². The summed E-state index contributed by atoms with van der Waals surface area (Å²) in [4.78, 5) is 0. The van der Waals surface area contributed by atoms with Crippen LogP contribution in [-0.4, -0.2) is 4.57 Å². The number of hydrogen-bond acceptors (Lipinski definition) is 1. The molecule has 1 atom stereocenters. The first-order chi connectivity index (χ1) is 32.3. The number of fused-ring (bicyclic) bond motifs is 5. The molecule has 3 aliphatic heterocycles. The maximum atomic E-state index is 8.70. The zero-order chi connectivity index (χ0) is 46.1. The summed E-state index contributed by atoms with van der Waals surface area (Å²) in [5.41, 5.74) is 22.4. The lowest BCUT2D eigenvalue weighted by molar-refractivity contribution is -0.997. The van der Waals surface area contributed by atoms with Gasteiger partial charge in [-0.1, -0.05) is 152 Å². The molecule has 0 fully saturated rings. The molecule has 4 heteroatoms. The topological polar surface area (TPSA) is 21.9 Å². The molecule has 4 nitrogen and oxygen atoms in total. The minimum atomic E-state index is -1.08. The molecule has 1 unspecified atom stereocenters. The number of aromatic nitrogens is 3. The zero-order valence-electron chi connectivity index (χ0n) is 40.3. The molecule has 0 saturated carbocycles. The standard InChI is InChI=1S/C62H57N3O/c1-37(2)30-48-31-49(26-27-50(48)44-18-13-10-14-19-44)64-56-21-15-20-51-53-34-47(42-16-11-9-12-17-42)35-54-57-36-45(43-24-22-41(23-25-43)38(3)4)28-29-63(57)62(58(53)54)65(59(51)56)61(64)55-33-46(39(5)6)32-52(40(7)8)60(55)66-62/h9-29,31-40H,30H2,1-8H3/q+2/i38D. The fourth-order valence-electron chi connectivity index (χ4n) is 11.2. The largest absolute Gasteiger partial charge is 0.499 e. The molecule has 12 rings (SSSR count). The number of imidazole rings is 1. The molecule has 0 aliphatic carbocycles. The van der Waals surface area contributed by atoms with Gasteiger partial charge in [0, 0.05) is 24.6 Å². The summed E-state index contributed by atoms with van der Waals surface area (Å²) < 4.78 is 24.3. The Bertz CT molecular complexity index is 3470. The molecule has 1 spiro atoms. The minimum absolute atomic E-state index is 0.208. The summed E-state index contributed by atoms with van der Waals surface area (Å²) in [6, 6.07) is 58.5. The molecular weight excluding hydrogens is 803 g/mol. The number of rotatable bonds is 9. The van der Waals surface area contributed by atoms with Crippen molar-refractivity contribution in [1.29, 1.82) is 0 Å². The van der Waals surface area contributed by atoms with Gasteiger partial charge in [0.1, 0.15) is 16.8 Å². The van der Waals surface area contributed by atoms with Crippen molar-refractivity contribution >= 4 is 11.0 Å². The maximum Gasteiger partial charge on any atom is 0.499 e. The van der Waals surface area contributed by atoms with Crippen LogP contribution in [0.3, 0.4) is 0 Å². The normalized spacial score (nSPS) is 15.5. The van der Waals surface area contributed by atoms with Gasteiger partial charge in [-0.3, -0.25) is 0 Å². The first-order valence-corrected chi connectivity index (χ1v) is 23.9. The Morgan fingerprint density at radius 2 is 1.27 bits per heavy atom. The molecule has 66 heavy (non-hydrogen) atoms. The number of nitrogens with zero attached hydrogens (tertiary/aromatic N) is 3. The maximum absolute atomic E-state index is 8.70. The molecule has 0 radical (unpaired) electrons. The summed E-state index contributed by atoms with van der Waals surface area (Å²) in [7, 11) is 0. The van der Waals surface area contributed by atoms with E-state index in [2.05, 4.69) is 219 Å². The molecule has 0 amide bonds. The van der Waals surface area contributed by atoms with Crippen molar-refractivity contribution in [2.75, 3.05) is 0 Å². The van der Waals surface area contributed by atoms with Crippen molar-refractivity contribution in [2.24, 2.45) is 5.92 Å². The first kappa shape index (κ1) is 39.3. The summed E-state index contributed by atoms with van der Waals surface area (Å²) in [5, 5.41) is 0. The van der Waals surface area contributed by atoms with Crippen LogP contribution in [0.4, 0.5) is 0 Å². The lowest BCUT2D eigenvalue weighted by Crippen LogP contribution is -2.78. The van der Waals surface area contributed by atoms with Crippen LogP contribution < -0.4 is 13.9 Å². The van der Waals surface area contributed by atoms with Gasteiger partial charge >= 0.3 is 11.7 Å². The molecular formula is C62H57N3O+2. The molecule has 3 aliphatic rings. The summed E-state index contributed by atoms with van der Waals surface area (Å²) in [5.74, 6) is 1.31. The zero-order valence-corrected chi connectivity index (χ0v) is 39.3. The Morgan fingerprint density at radius 3 is 1.97 bits per heavy atom. The molecule has 7 aromatic carbocycles. The molecule has 5 heterocycles. The highest BCUT2D eigenvalue weighted by Gasteiger charge is 2.69. The van der Waals surface area contributed by atoms with Crippen LogP contribution in [0.25, 0.3) is 83.9 Å². The quantitative estimate of drug-likeness (QED) is 0.133. The molecule has 0 saturated heterocycles. The van der Waals surface area contributed by atoms with E-state index in [-0.39, 0.29) is 5.92 Å². The molecule has 324 valence electrons. The first-order valence-electron chi connectivity index (χ1n) is 24.4. The van der Waals surface area contributed by atoms with Gasteiger partial charge in [0.25, 0.3) is 0 Å². The predicted octanol–water partition coefficient (Wildman–Crippen LogP) is 15.0. The van der Waals surface area contributed by atoms with Crippen molar-refractivity contribution in [3.8, 4) is 78.6 Å². The molecule has 9 aromatic rings. The fraction of sp³-hybridized carbons (Fsp3) is 0.226. The van der Waals surface area contributed by atoms with Crippen LogP contribution in [0.15, 0.2) is 164 Å². The average molecular weight is 861 g/mol. The van der Waals surface area contributed by atoms with Crippen LogP contribution in [0.2, 0.25) is 0 Å². The molecule has 0 N–H and O–H groups in total. The molecule has 0 bridgehead atoms. The number of ether oxygens (including phenoxy) is 1. The Labute approximate surface area is 390 Å². The van der Waals surface area contributed by atoms with E-state index in [1.807, 2.05) is 13.8 Å². The van der Waals surface area contributed by atoms with Gasteiger partial charge in [-0.15, -0.1) is 9.13 Å². The SMILES string of the molecule is [2H]C(C)(C)c1ccc(-c2cc[n+]3c(c2)-c2cc(-c4ccccc4)cc4c2C32Oc3c(cc(C(C)C)cc3C(C)C)-c3n(-c5ccc(-c6ccccc6)c(CC(C)C)c5)c5cccc-4c5[n+]32)cc1. The van der Waals surface area contributed by atoms with Crippen molar-refractivity contribution in [3.63, 3.8) is 0 Å². The van der Waals surface area contributed by atoms with Crippen molar-refractivity contribution < 1.29 is 15.2 Å². The molecule has 2 aromatic heterocycles. The van der Waals surface area contributed by atoms with Gasteiger partial charge in [0.2, 0.25) is 5.69 Å². The summed E-state index contributed by atoms with van der Waals surface area (Å²) in [6.07, 6.45) is 3.23. The predicted molar refractivity (Wildman–Crippen MR) is 270 cm³/mol. The third-order valence-electron chi connectivity index (χ3n) is 14.4. The van der Waals surface area contributed by atoms with Crippen molar-refractivity contribution in [3.05, 3.63) is 192 Å². The summed E-state index contributed by atoms with van der Waals surface area (Å²) >= 11 is 0. The van der Waals surface area contributed by atoms with Gasteiger partial charge in [0.05, 0.1) is 5.56 Å². The van der Waals surface area contributed by atoms with Gasteiger partial charge in [-0.05, 0) is 134 Å². The lowest BCUT2D eigenvalue weighted by Gasteiger charge is -2.34. The third kappa shape index (κ3) is 5.89. The number of hydrogen-bond donors (Lipinski definition) is 0. The van der Waals surface area contributed by atoms with E-state index in [4.69, 9.17) is 6.11 Å². The van der Waals surface area contributed by atoms with Gasteiger partial charge < -0.3 is 4.74 Å². The van der Waals surface area contributed by atoms with Crippen molar-refractivity contribution in [1.82, 2.24) is 4.57 Å². The number of pyridine rings is 1. The lowest BCUT2D eigenvalue weighted by atomic mass is 9.85. The number of para-hydroxylation sites is 1. The van der Waals surface area contributed by atoms with E-state index < -0.39 is 11.7 Å². The van der Waals surface area contributed by atoms with E-state index in [1.165, 1.54) is 50.1 Å². The van der Waals surface area contributed by atoms with E-state index in [0.717, 1.165) is 73.8 Å². The van der Waals surface area contributed by atoms with Crippen LogP contribution in [0.5, 0.6) is 5.75 Å². The average Bonchev–Trinajstić information content (AvgIpc) is 3.82. The highest BCUT2D eigenvalue weighted by molar-refractivity contribution is 5.99. The minimum Gasteiger partial charge on any atom is -0.392 e. The second-order valence-electron chi connectivity index (χ2n) is 20.0. The second-order valence-corrected chi connectivity index (χ2v) is 20.0. The summed E-state index contributed by atoms with van der Waals surface area (Å²) in [6.45, 7) is 17.8. The Kier molecular flexibility index (Phi) is 8.94. The van der Waals surface area contributed by atoms with Crippen LogP contribution in [-0.2, 0) is 12.3 Å². The number of benzene rings is 7. The monoisotopic (exact) mass is 860 g/mol. The van der Waals surface area contributed by atoms with Crippen LogP contribution >= 0.6 is 0 Å². The smallest absolute Gasteiger partial charge is 0.392 e. The Morgan fingerprint density at radius 1 is 0.561 bits per heavy atom. The highest BCUT2D eigenvalue weighted by Crippen LogP contribution is 2.56.